The van der Waals surface area contributed by atoms with Crippen LogP contribution in [0.5, 0.6) is 0 Å². The zero-order valence-electron chi connectivity index (χ0n) is 12.2. The molecule has 0 bridgehead atoms. The van der Waals surface area contributed by atoms with Crippen molar-refractivity contribution < 1.29 is 5.11 Å². The normalized spacial score (nSPS) is 12.9. The van der Waals surface area contributed by atoms with Crippen molar-refractivity contribution in [1.82, 2.24) is 15.1 Å². The van der Waals surface area contributed by atoms with Crippen LogP contribution in [0.2, 0.25) is 0 Å². The minimum absolute atomic E-state index is 0.275. The second kappa shape index (κ2) is 8.72. The Hall–Kier alpha value is -0.390. The summed E-state index contributed by atoms with van der Waals surface area (Å²) < 4.78 is 3.20. The average Bonchev–Trinajstić information content (AvgIpc) is 2.74. The maximum Gasteiger partial charge on any atom is 0.0767 e. The van der Waals surface area contributed by atoms with Gasteiger partial charge in [0.25, 0.3) is 0 Å². The van der Waals surface area contributed by atoms with E-state index in [1.807, 2.05) is 0 Å². The van der Waals surface area contributed by atoms with Crippen molar-refractivity contribution >= 4 is 15.9 Å². The number of aliphatic hydroxyl groups is 1. The highest BCUT2D eigenvalue weighted by atomic mass is 79.9. The van der Waals surface area contributed by atoms with Crippen LogP contribution in [-0.4, -0.2) is 28.0 Å². The molecule has 0 saturated carbocycles. The molecule has 0 saturated heterocycles. The highest BCUT2D eigenvalue weighted by molar-refractivity contribution is 9.10. The highest BCUT2D eigenvalue weighted by Crippen LogP contribution is 2.22. The molecule has 0 aliphatic rings. The summed E-state index contributed by atoms with van der Waals surface area (Å²) in [6.45, 7) is 9.34. The quantitative estimate of drug-likeness (QED) is 0.731. The molecule has 1 aromatic heterocycles. The summed E-state index contributed by atoms with van der Waals surface area (Å²) in [5.74, 6) is 0.549. The number of aryl methyl sites for hydroxylation is 2. The number of hydrogen-bond acceptors (Lipinski definition) is 3. The van der Waals surface area contributed by atoms with Gasteiger partial charge in [0.15, 0.2) is 0 Å². The maximum absolute atomic E-state index is 9.00. The number of aliphatic hydroxyl groups excluding tert-OH is 1. The lowest BCUT2D eigenvalue weighted by molar-refractivity contribution is 0.251. The number of rotatable bonds is 9. The van der Waals surface area contributed by atoms with Gasteiger partial charge in [-0.2, -0.15) is 5.10 Å². The van der Waals surface area contributed by atoms with Gasteiger partial charge in [0, 0.05) is 19.7 Å². The lowest BCUT2D eigenvalue weighted by Gasteiger charge is -2.14. The molecule has 0 aromatic carbocycles. The molecule has 0 fully saturated rings. The van der Waals surface area contributed by atoms with Crippen LogP contribution in [0.25, 0.3) is 0 Å². The first-order valence-corrected chi connectivity index (χ1v) is 8.02. The molecule has 4 nitrogen and oxygen atoms in total. The lowest BCUT2D eigenvalue weighted by Crippen LogP contribution is -2.24. The summed E-state index contributed by atoms with van der Waals surface area (Å²) in [5, 5.41) is 17.1. The first kappa shape index (κ1) is 16.7. The van der Waals surface area contributed by atoms with E-state index in [0.29, 0.717) is 5.92 Å². The van der Waals surface area contributed by atoms with E-state index in [1.165, 1.54) is 5.69 Å². The average molecular weight is 332 g/mol. The highest BCUT2D eigenvalue weighted by Gasteiger charge is 2.14. The summed E-state index contributed by atoms with van der Waals surface area (Å²) in [4.78, 5) is 0. The number of aromatic nitrogens is 2. The molecule has 0 aliphatic carbocycles. The maximum atomic E-state index is 9.00. The Morgan fingerprint density at radius 2 is 2.11 bits per heavy atom. The van der Waals surface area contributed by atoms with Gasteiger partial charge in [-0.1, -0.05) is 20.3 Å². The summed E-state index contributed by atoms with van der Waals surface area (Å²) in [6.07, 6.45) is 2.92. The lowest BCUT2D eigenvalue weighted by atomic mass is 10.0. The molecular formula is C14H26BrN3O. The Balaban J connectivity index is 2.59. The van der Waals surface area contributed by atoms with Crippen molar-refractivity contribution in [2.75, 3.05) is 13.2 Å². The molecule has 0 aliphatic heterocycles. The molecule has 110 valence electrons. The van der Waals surface area contributed by atoms with Crippen LogP contribution < -0.4 is 5.32 Å². The molecule has 1 aromatic rings. The second-order valence-electron chi connectivity index (χ2n) is 4.79. The monoisotopic (exact) mass is 331 g/mol. The third kappa shape index (κ3) is 4.58. The molecule has 1 heterocycles. The molecule has 1 rings (SSSR count). The fourth-order valence-electron chi connectivity index (χ4n) is 2.21. The van der Waals surface area contributed by atoms with Gasteiger partial charge in [-0.25, -0.2) is 0 Å². The smallest absolute Gasteiger partial charge is 0.0767 e. The van der Waals surface area contributed by atoms with Gasteiger partial charge >= 0.3 is 0 Å². The molecule has 19 heavy (non-hydrogen) atoms. The Labute approximate surface area is 124 Å². The number of hydrogen-bond donors (Lipinski definition) is 2. The fourth-order valence-corrected chi connectivity index (χ4v) is 2.92. The van der Waals surface area contributed by atoms with Crippen LogP contribution >= 0.6 is 15.9 Å². The minimum Gasteiger partial charge on any atom is -0.396 e. The number of nitrogens with one attached hydrogen (secondary N) is 1. The van der Waals surface area contributed by atoms with Gasteiger partial charge < -0.3 is 10.4 Å². The van der Waals surface area contributed by atoms with Gasteiger partial charge in [0.2, 0.25) is 0 Å². The third-order valence-corrected chi connectivity index (χ3v) is 4.45. The van der Waals surface area contributed by atoms with E-state index in [2.05, 4.69) is 51.8 Å². The van der Waals surface area contributed by atoms with E-state index in [1.54, 1.807) is 0 Å². The zero-order chi connectivity index (χ0) is 14.3. The summed E-state index contributed by atoms with van der Waals surface area (Å²) in [5.41, 5.74) is 2.35. The van der Waals surface area contributed by atoms with Crippen LogP contribution in [0, 0.1) is 5.92 Å². The van der Waals surface area contributed by atoms with Crippen LogP contribution in [0.3, 0.4) is 0 Å². The van der Waals surface area contributed by atoms with Gasteiger partial charge in [-0.3, -0.25) is 4.68 Å². The Bertz CT molecular complexity index is 379. The van der Waals surface area contributed by atoms with Crippen LogP contribution in [0.15, 0.2) is 4.47 Å². The molecule has 0 radical (unpaired) electrons. The number of halogens is 1. The van der Waals surface area contributed by atoms with Gasteiger partial charge in [0.05, 0.1) is 15.9 Å². The zero-order valence-corrected chi connectivity index (χ0v) is 13.8. The summed E-state index contributed by atoms with van der Waals surface area (Å²) >= 11 is 3.65. The van der Waals surface area contributed by atoms with Crippen molar-refractivity contribution in [2.24, 2.45) is 5.92 Å². The molecule has 2 N–H and O–H groups in total. The van der Waals surface area contributed by atoms with Crippen LogP contribution in [0.1, 0.15) is 45.0 Å². The Morgan fingerprint density at radius 1 is 1.37 bits per heavy atom. The van der Waals surface area contributed by atoms with Crippen molar-refractivity contribution in [3.63, 3.8) is 0 Å². The molecule has 1 atom stereocenters. The Kier molecular flexibility index (Phi) is 7.64. The predicted molar refractivity (Wildman–Crippen MR) is 82.2 cm³/mol. The van der Waals surface area contributed by atoms with E-state index < -0.39 is 0 Å². The minimum atomic E-state index is 0.275. The molecule has 0 spiro atoms. The third-order valence-electron chi connectivity index (χ3n) is 3.53. The van der Waals surface area contributed by atoms with E-state index >= 15 is 0 Å². The van der Waals surface area contributed by atoms with Crippen molar-refractivity contribution in [3.05, 3.63) is 15.9 Å². The van der Waals surface area contributed by atoms with Gasteiger partial charge in [-0.15, -0.1) is 0 Å². The molecular weight excluding hydrogens is 306 g/mol. The van der Waals surface area contributed by atoms with Crippen molar-refractivity contribution in [2.45, 2.75) is 53.1 Å². The number of nitrogens with zero attached hydrogens (tertiary/aromatic N) is 2. The van der Waals surface area contributed by atoms with Crippen LogP contribution in [0.4, 0.5) is 0 Å². The van der Waals surface area contributed by atoms with Crippen molar-refractivity contribution in [1.29, 1.82) is 0 Å². The standard InChI is InChI=1S/C14H26BrN3O/c1-4-11(7-8-19)9-16-10-13-14(15)12(5-2)17-18(13)6-3/h11,16,19H,4-10H2,1-3H3. The molecule has 0 amide bonds. The van der Waals surface area contributed by atoms with Gasteiger partial charge in [-0.05, 0) is 48.2 Å². The second-order valence-corrected chi connectivity index (χ2v) is 5.59. The largest absolute Gasteiger partial charge is 0.396 e. The topological polar surface area (TPSA) is 50.1 Å². The van der Waals surface area contributed by atoms with Gasteiger partial charge in [0.1, 0.15) is 0 Å². The van der Waals surface area contributed by atoms with E-state index in [4.69, 9.17) is 5.11 Å². The first-order chi connectivity index (χ1) is 9.17. The SMILES string of the molecule is CCc1nn(CC)c(CNCC(CC)CCO)c1Br. The summed E-state index contributed by atoms with van der Waals surface area (Å²) in [6, 6.07) is 0. The van der Waals surface area contributed by atoms with E-state index in [-0.39, 0.29) is 6.61 Å². The first-order valence-electron chi connectivity index (χ1n) is 7.23. The Morgan fingerprint density at radius 3 is 2.63 bits per heavy atom. The predicted octanol–water partition coefficient (Wildman–Crippen LogP) is 2.73. The van der Waals surface area contributed by atoms with Crippen LogP contribution in [-0.2, 0) is 19.5 Å². The fraction of sp³-hybridized carbons (Fsp3) is 0.786. The molecule has 1 unspecified atom stereocenters. The van der Waals surface area contributed by atoms with E-state index in [0.717, 1.165) is 49.1 Å². The van der Waals surface area contributed by atoms with E-state index in [9.17, 15) is 0 Å². The summed E-state index contributed by atoms with van der Waals surface area (Å²) in [7, 11) is 0. The molecule has 5 heteroatoms. The van der Waals surface area contributed by atoms with Crippen molar-refractivity contribution in [3.8, 4) is 0 Å².